The molecule has 0 fully saturated rings. The first-order chi connectivity index (χ1) is 12.7. The standard InChI is InChI=1S/C19H27N3O3S/c1-20-19(22-12-10-15-6-5-13-26-15)21-11-9-14-7-8-16(23-2)18(25-4)17(14)24-3/h5-8,13H,9-12H2,1-4H3,(H2,20,21,22). The highest BCUT2D eigenvalue weighted by atomic mass is 32.1. The molecule has 0 saturated carbocycles. The van der Waals surface area contributed by atoms with E-state index in [1.807, 2.05) is 12.1 Å². The van der Waals surface area contributed by atoms with E-state index in [-0.39, 0.29) is 0 Å². The van der Waals surface area contributed by atoms with E-state index in [4.69, 9.17) is 14.2 Å². The highest BCUT2D eigenvalue weighted by Crippen LogP contribution is 2.39. The molecular weight excluding hydrogens is 350 g/mol. The number of nitrogens with zero attached hydrogens (tertiary/aromatic N) is 1. The molecule has 1 aromatic heterocycles. The molecule has 1 aromatic carbocycles. The smallest absolute Gasteiger partial charge is 0.203 e. The van der Waals surface area contributed by atoms with Gasteiger partial charge in [-0.1, -0.05) is 12.1 Å². The molecule has 0 bridgehead atoms. The van der Waals surface area contributed by atoms with Gasteiger partial charge in [0, 0.05) is 30.6 Å². The van der Waals surface area contributed by atoms with Crippen LogP contribution in [0.2, 0.25) is 0 Å². The van der Waals surface area contributed by atoms with Gasteiger partial charge < -0.3 is 24.8 Å². The Morgan fingerprint density at radius 1 is 0.962 bits per heavy atom. The summed E-state index contributed by atoms with van der Waals surface area (Å²) in [4.78, 5) is 5.63. The third-order valence-corrected chi connectivity index (χ3v) is 4.88. The summed E-state index contributed by atoms with van der Waals surface area (Å²) in [5.41, 5.74) is 1.05. The van der Waals surface area contributed by atoms with Crippen LogP contribution in [0.15, 0.2) is 34.6 Å². The van der Waals surface area contributed by atoms with E-state index in [0.717, 1.165) is 37.5 Å². The number of benzene rings is 1. The molecule has 26 heavy (non-hydrogen) atoms. The summed E-state index contributed by atoms with van der Waals surface area (Å²) < 4.78 is 16.3. The molecule has 2 aromatic rings. The molecule has 0 spiro atoms. The Bertz CT molecular complexity index is 702. The predicted molar refractivity (Wildman–Crippen MR) is 107 cm³/mol. The maximum Gasteiger partial charge on any atom is 0.203 e. The van der Waals surface area contributed by atoms with Gasteiger partial charge in [-0.15, -0.1) is 11.3 Å². The molecule has 2 N–H and O–H groups in total. The molecule has 2 rings (SSSR count). The van der Waals surface area contributed by atoms with Crippen molar-refractivity contribution in [2.24, 2.45) is 4.99 Å². The summed E-state index contributed by atoms with van der Waals surface area (Å²) in [6.07, 6.45) is 1.76. The number of guanidine groups is 1. The Morgan fingerprint density at radius 3 is 2.27 bits per heavy atom. The lowest BCUT2D eigenvalue weighted by Crippen LogP contribution is -2.39. The number of aliphatic imine (C=N–C) groups is 1. The van der Waals surface area contributed by atoms with E-state index in [2.05, 4.69) is 33.1 Å². The number of rotatable bonds is 9. The summed E-state index contributed by atoms with van der Waals surface area (Å²) in [5.74, 6) is 2.77. The van der Waals surface area contributed by atoms with Gasteiger partial charge >= 0.3 is 0 Å². The number of ether oxygens (including phenoxy) is 3. The average molecular weight is 378 g/mol. The van der Waals surface area contributed by atoms with Crippen molar-refractivity contribution in [1.29, 1.82) is 0 Å². The molecule has 6 nitrogen and oxygen atoms in total. The number of nitrogens with one attached hydrogen (secondary N) is 2. The first-order valence-corrected chi connectivity index (χ1v) is 9.36. The van der Waals surface area contributed by atoms with Crippen LogP contribution in [-0.2, 0) is 12.8 Å². The lowest BCUT2D eigenvalue weighted by Gasteiger charge is -2.16. The molecule has 7 heteroatoms. The molecular formula is C19H27N3O3S. The third-order valence-electron chi connectivity index (χ3n) is 3.94. The van der Waals surface area contributed by atoms with Gasteiger partial charge in [0.05, 0.1) is 21.3 Å². The van der Waals surface area contributed by atoms with Crippen molar-refractivity contribution in [2.45, 2.75) is 12.8 Å². The minimum Gasteiger partial charge on any atom is -0.493 e. The summed E-state index contributed by atoms with van der Waals surface area (Å²) in [6, 6.07) is 8.11. The van der Waals surface area contributed by atoms with E-state index in [1.54, 1.807) is 39.7 Å². The molecule has 0 amide bonds. The van der Waals surface area contributed by atoms with Crippen LogP contribution in [0.4, 0.5) is 0 Å². The molecule has 142 valence electrons. The lowest BCUT2D eigenvalue weighted by molar-refractivity contribution is 0.322. The Hall–Kier alpha value is -2.41. The van der Waals surface area contributed by atoms with Crippen LogP contribution >= 0.6 is 11.3 Å². The Morgan fingerprint density at radius 2 is 1.69 bits per heavy atom. The van der Waals surface area contributed by atoms with Crippen molar-refractivity contribution in [3.8, 4) is 17.2 Å². The third kappa shape index (κ3) is 5.29. The fourth-order valence-corrected chi connectivity index (χ4v) is 3.36. The SMILES string of the molecule is CN=C(NCCc1cccs1)NCCc1ccc(OC)c(OC)c1OC. The van der Waals surface area contributed by atoms with Crippen molar-refractivity contribution in [1.82, 2.24) is 10.6 Å². The van der Waals surface area contributed by atoms with Crippen LogP contribution in [0, 0.1) is 0 Å². The van der Waals surface area contributed by atoms with Gasteiger partial charge in [0.15, 0.2) is 17.5 Å². The van der Waals surface area contributed by atoms with E-state index in [0.29, 0.717) is 17.2 Å². The first-order valence-electron chi connectivity index (χ1n) is 8.48. The molecule has 0 aliphatic heterocycles. The van der Waals surface area contributed by atoms with Crippen LogP contribution in [-0.4, -0.2) is 47.4 Å². The van der Waals surface area contributed by atoms with Crippen LogP contribution in [0.5, 0.6) is 17.2 Å². The molecule has 0 aliphatic carbocycles. The van der Waals surface area contributed by atoms with E-state index < -0.39 is 0 Å². The van der Waals surface area contributed by atoms with Gasteiger partial charge in [-0.3, -0.25) is 4.99 Å². The van der Waals surface area contributed by atoms with Crippen LogP contribution in [0.3, 0.4) is 0 Å². The number of hydrogen-bond donors (Lipinski definition) is 2. The van der Waals surface area contributed by atoms with Crippen molar-refractivity contribution in [3.63, 3.8) is 0 Å². The van der Waals surface area contributed by atoms with E-state index >= 15 is 0 Å². The first kappa shape index (κ1) is 19.9. The zero-order chi connectivity index (χ0) is 18.8. The van der Waals surface area contributed by atoms with Gasteiger partial charge in [-0.25, -0.2) is 0 Å². The second-order valence-corrected chi connectivity index (χ2v) is 6.53. The molecule has 1 heterocycles. The van der Waals surface area contributed by atoms with Crippen molar-refractivity contribution in [2.75, 3.05) is 41.5 Å². The minimum absolute atomic E-state index is 0.617. The summed E-state index contributed by atoms with van der Waals surface area (Å²) in [7, 11) is 6.64. The molecule has 0 aliphatic rings. The molecule has 0 radical (unpaired) electrons. The highest BCUT2D eigenvalue weighted by molar-refractivity contribution is 7.09. The molecule has 0 unspecified atom stereocenters. The summed E-state index contributed by atoms with van der Waals surface area (Å²) in [6.45, 7) is 1.57. The maximum absolute atomic E-state index is 5.52. The van der Waals surface area contributed by atoms with E-state index in [9.17, 15) is 0 Å². The zero-order valence-electron chi connectivity index (χ0n) is 15.8. The normalized spacial score (nSPS) is 11.2. The topological polar surface area (TPSA) is 64.1 Å². The van der Waals surface area contributed by atoms with Gasteiger partial charge in [-0.05, 0) is 30.4 Å². The maximum atomic E-state index is 5.52. The second-order valence-electron chi connectivity index (χ2n) is 5.50. The fraction of sp³-hybridized carbons (Fsp3) is 0.421. The molecule has 0 atom stereocenters. The van der Waals surface area contributed by atoms with Crippen molar-refractivity contribution in [3.05, 3.63) is 40.1 Å². The minimum atomic E-state index is 0.617. The van der Waals surface area contributed by atoms with Crippen molar-refractivity contribution >= 4 is 17.3 Å². The molecule has 0 saturated heterocycles. The van der Waals surface area contributed by atoms with E-state index in [1.165, 1.54) is 4.88 Å². The zero-order valence-corrected chi connectivity index (χ0v) is 16.6. The summed E-state index contributed by atoms with van der Waals surface area (Å²) in [5, 5.41) is 8.76. The summed E-state index contributed by atoms with van der Waals surface area (Å²) >= 11 is 1.77. The number of methoxy groups -OCH3 is 3. The quantitative estimate of drug-likeness (QED) is 0.520. The Balaban J connectivity index is 1.87. The van der Waals surface area contributed by atoms with Crippen LogP contribution in [0.1, 0.15) is 10.4 Å². The van der Waals surface area contributed by atoms with Crippen LogP contribution in [0.25, 0.3) is 0 Å². The van der Waals surface area contributed by atoms with Crippen LogP contribution < -0.4 is 24.8 Å². The predicted octanol–water partition coefficient (Wildman–Crippen LogP) is 2.72. The van der Waals surface area contributed by atoms with Gasteiger partial charge in [0.25, 0.3) is 0 Å². The fourth-order valence-electron chi connectivity index (χ4n) is 2.66. The second kappa shape index (κ2) is 10.6. The Labute approximate surface area is 159 Å². The highest BCUT2D eigenvalue weighted by Gasteiger charge is 2.15. The lowest BCUT2D eigenvalue weighted by atomic mass is 10.1. The van der Waals surface area contributed by atoms with Gasteiger partial charge in [0.1, 0.15) is 0 Å². The Kier molecular flexibility index (Phi) is 8.08. The number of hydrogen-bond acceptors (Lipinski definition) is 5. The van der Waals surface area contributed by atoms with Gasteiger partial charge in [-0.2, -0.15) is 0 Å². The average Bonchev–Trinajstić information content (AvgIpc) is 3.19. The number of thiophene rings is 1. The van der Waals surface area contributed by atoms with Gasteiger partial charge in [0.2, 0.25) is 5.75 Å². The largest absolute Gasteiger partial charge is 0.493 e. The monoisotopic (exact) mass is 377 g/mol. The van der Waals surface area contributed by atoms with Crippen molar-refractivity contribution < 1.29 is 14.2 Å².